The molecule has 0 fully saturated rings. The summed E-state index contributed by atoms with van der Waals surface area (Å²) in [5.41, 5.74) is 2.68. The van der Waals surface area contributed by atoms with E-state index in [0.717, 1.165) is 27.6 Å². The van der Waals surface area contributed by atoms with E-state index in [1.54, 1.807) is 0 Å². The van der Waals surface area contributed by atoms with Gasteiger partial charge in [0, 0.05) is 16.4 Å². The molecule has 4 rings (SSSR count). The maximum absolute atomic E-state index is 10.5. The Kier molecular flexibility index (Phi) is 4.30. The van der Waals surface area contributed by atoms with Crippen LogP contribution in [-0.4, -0.2) is 22.4 Å². The summed E-state index contributed by atoms with van der Waals surface area (Å²) in [6, 6.07) is 23.2. The van der Waals surface area contributed by atoms with E-state index in [4.69, 9.17) is 11.3 Å². The van der Waals surface area contributed by atoms with Gasteiger partial charge < -0.3 is 14.4 Å². The number of fused-ring (bicyclic) bond motifs is 3. The summed E-state index contributed by atoms with van der Waals surface area (Å²) in [7, 11) is 0. The van der Waals surface area contributed by atoms with E-state index in [1.807, 2.05) is 66.7 Å². The predicted octanol–water partition coefficient (Wildman–Crippen LogP) is 4.79. The molecule has 0 spiro atoms. The Bertz CT molecular complexity index is 1090. The summed E-state index contributed by atoms with van der Waals surface area (Å²) in [6.45, 7) is 7.89. The van der Waals surface area contributed by atoms with Crippen LogP contribution in [0.25, 0.3) is 26.7 Å². The first-order valence-corrected chi connectivity index (χ1v) is 8.50. The molecular weight excluding hydrogens is 324 g/mol. The zero-order valence-corrected chi connectivity index (χ0v) is 14.2. The molecule has 0 saturated heterocycles. The van der Waals surface area contributed by atoms with Gasteiger partial charge in [-0.1, -0.05) is 42.5 Å². The molecule has 0 radical (unpaired) electrons. The molecule has 1 heterocycles. The molecule has 4 aromatic rings. The van der Waals surface area contributed by atoms with E-state index in [0.29, 0.717) is 12.2 Å². The molecule has 1 atom stereocenters. The molecule has 3 aromatic carbocycles. The van der Waals surface area contributed by atoms with Gasteiger partial charge in [0.15, 0.2) is 5.69 Å². The minimum Gasteiger partial charge on any atom is -0.491 e. The first kappa shape index (κ1) is 16.2. The highest BCUT2D eigenvalue weighted by Crippen LogP contribution is 2.32. The monoisotopic (exact) mass is 342 g/mol. The van der Waals surface area contributed by atoms with Crippen LogP contribution in [0.3, 0.4) is 0 Å². The van der Waals surface area contributed by atoms with Gasteiger partial charge in [-0.15, -0.1) is 0 Å². The van der Waals surface area contributed by atoms with Gasteiger partial charge in [0.1, 0.15) is 18.5 Å². The van der Waals surface area contributed by atoms with Gasteiger partial charge in [0.25, 0.3) is 0 Å². The summed E-state index contributed by atoms with van der Waals surface area (Å²) < 4.78 is 7.77. The summed E-state index contributed by atoms with van der Waals surface area (Å²) >= 11 is 0. The highest BCUT2D eigenvalue weighted by molar-refractivity contribution is 6.09. The van der Waals surface area contributed by atoms with Gasteiger partial charge in [0.2, 0.25) is 0 Å². The third-order valence-corrected chi connectivity index (χ3v) is 4.46. The Morgan fingerprint density at radius 3 is 2.46 bits per heavy atom. The van der Waals surface area contributed by atoms with Crippen LogP contribution in [0.4, 0.5) is 5.69 Å². The molecule has 0 saturated carbocycles. The number of ether oxygens (including phenoxy) is 1. The van der Waals surface area contributed by atoms with Crippen LogP contribution >= 0.6 is 0 Å². The lowest BCUT2D eigenvalue weighted by Crippen LogP contribution is -2.23. The number of para-hydroxylation sites is 2. The van der Waals surface area contributed by atoms with E-state index < -0.39 is 6.10 Å². The molecule has 0 aliphatic carbocycles. The van der Waals surface area contributed by atoms with Crippen molar-refractivity contribution in [3.8, 4) is 5.75 Å². The Morgan fingerprint density at radius 2 is 1.65 bits per heavy atom. The van der Waals surface area contributed by atoms with E-state index in [-0.39, 0.29) is 6.61 Å². The van der Waals surface area contributed by atoms with Gasteiger partial charge in [0.05, 0.1) is 13.1 Å². The van der Waals surface area contributed by atoms with Gasteiger partial charge in [-0.2, -0.15) is 0 Å². The number of benzene rings is 3. The molecular formula is C22H18N2O2. The molecule has 4 nitrogen and oxygen atoms in total. The zero-order valence-electron chi connectivity index (χ0n) is 14.2. The second-order valence-corrected chi connectivity index (χ2v) is 6.22. The second-order valence-electron chi connectivity index (χ2n) is 6.22. The molecule has 26 heavy (non-hydrogen) atoms. The summed E-state index contributed by atoms with van der Waals surface area (Å²) in [6.07, 6.45) is -0.644. The number of hydrogen-bond donors (Lipinski definition) is 1. The molecule has 4 heteroatoms. The van der Waals surface area contributed by atoms with Crippen molar-refractivity contribution in [1.82, 2.24) is 4.57 Å². The Labute approximate surface area is 151 Å². The normalized spacial score (nSPS) is 12.2. The van der Waals surface area contributed by atoms with Crippen LogP contribution < -0.4 is 4.74 Å². The fourth-order valence-corrected chi connectivity index (χ4v) is 3.28. The highest BCUT2D eigenvalue weighted by atomic mass is 16.5. The SMILES string of the molecule is [C-]#[N+]c1ccc2c(c1)c1ccccc1n2CC(O)COc1ccccc1. The van der Waals surface area contributed by atoms with Crippen molar-refractivity contribution in [1.29, 1.82) is 0 Å². The first-order chi connectivity index (χ1) is 12.8. The van der Waals surface area contributed by atoms with E-state index >= 15 is 0 Å². The van der Waals surface area contributed by atoms with E-state index in [2.05, 4.69) is 15.5 Å². The second kappa shape index (κ2) is 6.91. The minimum atomic E-state index is -0.644. The average Bonchev–Trinajstić information content (AvgIpc) is 3.00. The lowest BCUT2D eigenvalue weighted by atomic mass is 10.1. The van der Waals surface area contributed by atoms with Crippen LogP contribution in [0.15, 0.2) is 72.8 Å². The highest BCUT2D eigenvalue weighted by Gasteiger charge is 2.14. The standard InChI is InChI=1S/C22H18N2O2/c1-23-16-11-12-22-20(13-16)19-9-5-6-10-21(19)24(22)14-17(25)15-26-18-7-3-2-4-8-18/h2-13,17,25H,14-15H2. The summed E-state index contributed by atoms with van der Waals surface area (Å²) in [5.74, 6) is 0.746. The molecule has 0 aliphatic rings. The smallest absolute Gasteiger partial charge is 0.188 e. The third-order valence-electron chi connectivity index (χ3n) is 4.46. The van der Waals surface area contributed by atoms with Crippen LogP contribution in [0.1, 0.15) is 0 Å². The Balaban J connectivity index is 1.65. The fourth-order valence-electron chi connectivity index (χ4n) is 3.28. The Morgan fingerprint density at radius 1 is 0.923 bits per heavy atom. The van der Waals surface area contributed by atoms with Gasteiger partial charge in [-0.3, -0.25) is 0 Å². The lowest BCUT2D eigenvalue weighted by molar-refractivity contribution is 0.0945. The number of hydrogen-bond acceptors (Lipinski definition) is 2. The molecule has 0 bridgehead atoms. The number of nitrogens with zero attached hydrogens (tertiary/aromatic N) is 2. The largest absolute Gasteiger partial charge is 0.491 e. The topological polar surface area (TPSA) is 38.8 Å². The molecule has 128 valence electrons. The van der Waals surface area contributed by atoms with Crippen molar-refractivity contribution in [3.63, 3.8) is 0 Å². The molecule has 1 aromatic heterocycles. The number of rotatable bonds is 5. The quantitative estimate of drug-likeness (QED) is 0.530. The number of aliphatic hydroxyl groups is 1. The number of aromatic nitrogens is 1. The Hall–Kier alpha value is -3.29. The van der Waals surface area contributed by atoms with Gasteiger partial charge in [-0.05, 0) is 35.7 Å². The third kappa shape index (κ3) is 3.01. The zero-order chi connectivity index (χ0) is 17.9. The lowest BCUT2D eigenvalue weighted by Gasteiger charge is -2.15. The molecule has 1 N–H and O–H groups in total. The van der Waals surface area contributed by atoms with Crippen molar-refractivity contribution in [2.24, 2.45) is 0 Å². The first-order valence-electron chi connectivity index (χ1n) is 8.50. The van der Waals surface area contributed by atoms with E-state index in [9.17, 15) is 5.11 Å². The van der Waals surface area contributed by atoms with Crippen LogP contribution in [-0.2, 0) is 6.54 Å². The fraction of sp³-hybridized carbons (Fsp3) is 0.136. The van der Waals surface area contributed by atoms with Crippen molar-refractivity contribution in [2.45, 2.75) is 12.6 Å². The maximum Gasteiger partial charge on any atom is 0.188 e. The maximum atomic E-state index is 10.5. The summed E-state index contributed by atoms with van der Waals surface area (Å²) in [5, 5.41) is 12.6. The van der Waals surface area contributed by atoms with Gasteiger partial charge >= 0.3 is 0 Å². The van der Waals surface area contributed by atoms with E-state index in [1.165, 1.54) is 0 Å². The molecule has 1 unspecified atom stereocenters. The van der Waals surface area contributed by atoms with Crippen molar-refractivity contribution < 1.29 is 9.84 Å². The molecule has 0 amide bonds. The van der Waals surface area contributed by atoms with Crippen molar-refractivity contribution >= 4 is 27.5 Å². The average molecular weight is 342 g/mol. The predicted molar refractivity (Wildman–Crippen MR) is 104 cm³/mol. The van der Waals surface area contributed by atoms with Crippen LogP contribution in [0.2, 0.25) is 0 Å². The summed E-state index contributed by atoms with van der Waals surface area (Å²) in [4.78, 5) is 3.53. The number of aliphatic hydroxyl groups excluding tert-OH is 1. The van der Waals surface area contributed by atoms with Crippen LogP contribution in [0.5, 0.6) is 5.75 Å². The van der Waals surface area contributed by atoms with Crippen LogP contribution in [0, 0.1) is 6.57 Å². The molecule has 0 aliphatic heterocycles. The van der Waals surface area contributed by atoms with Gasteiger partial charge in [-0.25, -0.2) is 4.85 Å². The van der Waals surface area contributed by atoms with Crippen molar-refractivity contribution in [3.05, 3.63) is 84.2 Å². The van der Waals surface area contributed by atoms with Crippen molar-refractivity contribution in [2.75, 3.05) is 6.61 Å². The minimum absolute atomic E-state index is 0.220.